The second-order valence-electron chi connectivity index (χ2n) is 4.77. The second-order valence-corrected chi connectivity index (χ2v) is 5.63. The van der Waals surface area contributed by atoms with Gasteiger partial charge in [-0.1, -0.05) is 18.2 Å². The van der Waals surface area contributed by atoms with E-state index in [2.05, 4.69) is 20.7 Å². The zero-order chi connectivity index (χ0) is 16.1. The summed E-state index contributed by atoms with van der Waals surface area (Å²) in [5.74, 6) is -0.201. The number of hydrogen-bond acceptors (Lipinski definition) is 2. The van der Waals surface area contributed by atoms with Gasteiger partial charge >= 0.3 is 6.61 Å². The average molecular weight is 374 g/mol. The number of alkyl halides is 2. The van der Waals surface area contributed by atoms with Gasteiger partial charge in [-0.2, -0.15) is 8.78 Å². The number of hydrogen-bond donors (Lipinski definition) is 1. The summed E-state index contributed by atoms with van der Waals surface area (Å²) >= 11 is 3.15. The maximum absolute atomic E-state index is 13.2. The number of halogens is 4. The fraction of sp³-hybridized carbons (Fsp3) is 0.250. The highest BCUT2D eigenvalue weighted by atomic mass is 79.9. The smallest absolute Gasteiger partial charge is 0.387 e. The number of benzene rings is 2. The van der Waals surface area contributed by atoms with Crippen molar-refractivity contribution in [1.29, 1.82) is 0 Å². The van der Waals surface area contributed by atoms with Crippen molar-refractivity contribution in [3.63, 3.8) is 0 Å². The van der Waals surface area contributed by atoms with Crippen molar-refractivity contribution in [3.05, 3.63) is 63.4 Å². The minimum absolute atomic E-state index is 0.103. The predicted molar refractivity (Wildman–Crippen MR) is 82.5 cm³/mol. The Labute approximate surface area is 135 Å². The Balaban J connectivity index is 2.08. The van der Waals surface area contributed by atoms with Crippen LogP contribution in [0.15, 0.2) is 40.9 Å². The van der Waals surface area contributed by atoms with Gasteiger partial charge in [0.15, 0.2) is 0 Å². The third kappa shape index (κ3) is 4.48. The molecular weight excluding hydrogens is 359 g/mol. The molecule has 0 unspecified atom stereocenters. The molecule has 0 aromatic heterocycles. The molecule has 0 aliphatic carbocycles. The molecule has 6 heteroatoms. The summed E-state index contributed by atoms with van der Waals surface area (Å²) in [4.78, 5) is 0. The van der Waals surface area contributed by atoms with E-state index in [9.17, 15) is 13.2 Å². The van der Waals surface area contributed by atoms with Gasteiger partial charge in [-0.15, -0.1) is 0 Å². The molecule has 0 heterocycles. The van der Waals surface area contributed by atoms with Crippen molar-refractivity contribution >= 4 is 15.9 Å². The van der Waals surface area contributed by atoms with Crippen LogP contribution in [-0.4, -0.2) is 6.61 Å². The Morgan fingerprint density at radius 1 is 1.05 bits per heavy atom. The van der Waals surface area contributed by atoms with Crippen molar-refractivity contribution in [3.8, 4) is 5.75 Å². The van der Waals surface area contributed by atoms with Crippen LogP contribution in [0.25, 0.3) is 0 Å². The average Bonchev–Trinajstić information content (AvgIpc) is 2.49. The standard InChI is InChI=1S/C16H15BrF3NO/c17-13-8-11(3-5-14(13)18)2-1-10-4-6-15(22-16(19)20)12(7-10)9-21/h3-8,16H,1-2,9,21H2. The summed E-state index contributed by atoms with van der Waals surface area (Å²) in [7, 11) is 0. The first-order valence-electron chi connectivity index (χ1n) is 6.70. The van der Waals surface area contributed by atoms with E-state index in [1.165, 1.54) is 12.1 Å². The maximum Gasteiger partial charge on any atom is 0.387 e. The highest BCUT2D eigenvalue weighted by molar-refractivity contribution is 9.10. The van der Waals surface area contributed by atoms with Crippen molar-refractivity contribution in [1.82, 2.24) is 0 Å². The zero-order valence-corrected chi connectivity index (χ0v) is 13.2. The highest BCUT2D eigenvalue weighted by Crippen LogP contribution is 2.23. The van der Waals surface area contributed by atoms with Gasteiger partial charge < -0.3 is 10.5 Å². The molecule has 0 radical (unpaired) electrons. The molecule has 0 aliphatic heterocycles. The van der Waals surface area contributed by atoms with Crippen LogP contribution in [0.2, 0.25) is 0 Å². The minimum Gasteiger partial charge on any atom is -0.434 e. The molecule has 2 rings (SSSR count). The van der Waals surface area contributed by atoms with E-state index < -0.39 is 6.61 Å². The normalized spacial score (nSPS) is 11.0. The van der Waals surface area contributed by atoms with E-state index in [1.54, 1.807) is 24.3 Å². The second kappa shape index (κ2) is 7.65. The van der Waals surface area contributed by atoms with Crippen LogP contribution >= 0.6 is 15.9 Å². The molecule has 0 atom stereocenters. The van der Waals surface area contributed by atoms with E-state index in [0.29, 0.717) is 22.9 Å². The van der Waals surface area contributed by atoms with Crippen LogP contribution in [0.3, 0.4) is 0 Å². The van der Waals surface area contributed by atoms with Gasteiger partial charge in [0.1, 0.15) is 11.6 Å². The lowest BCUT2D eigenvalue weighted by Gasteiger charge is -2.11. The number of nitrogens with two attached hydrogens (primary N) is 1. The van der Waals surface area contributed by atoms with Crippen LogP contribution in [0.4, 0.5) is 13.2 Å². The summed E-state index contributed by atoms with van der Waals surface area (Å²) in [5.41, 5.74) is 8.05. The molecule has 118 valence electrons. The Kier molecular flexibility index (Phi) is 5.85. The topological polar surface area (TPSA) is 35.2 Å². The predicted octanol–water partition coefficient (Wildman–Crippen LogP) is 4.43. The minimum atomic E-state index is -2.87. The van der Waals surface area contributed by atoms with E-state index in [1.807, 2.05) is 0 Å². The molecule has 0 saturated carbocycles. The van der Waals surface area contributed by atoms with Gasteiger partial charge in [0.2, 0.25) is 0 Å². The SMILES string of the molecule is NCc1cc(CCc2ccc(F)c(Br)c2)ccc1OC(F)F. The van der Waals surface area contributed by atoms with Crippen LogP contribution in [0, 0.1) is 5.82 Å². The molecule has 2 aromatic rings. The molecule has 0 bridgehead atoms. The lowest BCUT2D eigenvalue weighted by atomic mass is 10.0. The Morgan fingerprint density at radius 3 is 2.27 bits per heavy atom. The van der Waals surface area contributed by atoms with Crippen molar-refractivity contribution in [2.24, 2.45) is 5.73 Å². The van der Waals surface area contributed by atoms with Gasteiger partial charge in [0.25, 0.3) is 0 Å². The molecule has 0 spiro atoms. The van der Waals surface area contributed by atoms with Crippen LogP contribution in [-0.2, 0) is 19.4 Å². The molecule has 2 aromatic carbocycles. The highest BCUT2D eigenvalue weighted by Gasteiger charge is 2.10. The third-order valence-corrected chi connectivity index (χ3v) is 3.85. The van der Waals surface area contributed by atoms with Gasteiger partial charge in [-0.25, -0.2) is 4.39 Å². The zero-order valence-electron chi connectivity index (χ0n) is 11.7. The molecule has 22 heavy (non-hydrogen) atoms. The van der Waals surface area contributed by atoms with E-state index >= 15 is 0 Å². The number of rotatable bonds is 6. The van der Waals surface area contributed by atoms with Gasteiger partial charge in [-0.05, 0) is 58.1 Å². The first-order valence-corrected chi connectivity index (χ1v) is 7.49. The summed E-state index contributed by atoms with van der Waals surface area (Å²) in [6.45, 7) is -2.74. The lowest BCUT2D eigenvalue weighted by Crippen LogP contribution is -2.07. The Bertz CT molecular complexity index is 649. The van der Waals surface area contributed by atoms with E-state index in [-0.39, 0.29) is 18.1 Å². The third-order valence-electron chi connectivity index (χ3n) is 3.25. The van der Waals surface area contributed by atoms with Crippen LogP contribution < -0.4 is 10.5 Å². The molecule has 0 saturated heterocycles. The summed E-state index contributed by atoms with van der Waals surface area (Å²) < 4.78 is 42.6. The van der Waals surface area contributed by atoms with Crippen molar-refractivity contribution in [2.75, 3.05) is 0 Å². The molecule has 2 nitrogen and oxygen atoms in total. The molecular formula is C16H15BrF3NO. The molecule has 0 aliphatic rings. The van der Waals surface area contributed by atoms with Crippen LogP contribution in [0.5, 0.6) is 5.75 Å². The molecule has 0 fully saturated rings. The summed E-state index contributed by atoms with van der Waals surface area (Å²) in [5, 5.41) is 0. The van der Waals surface area contributed by atoms with Gasteiger partial charge in [-0.3, -0.25) is 0 Å². The van der Waals surface area contributed by atoms with Crippen LogP contribution in [0.1, 0.15) is 16.7 Å². The fourth-order valence-electron chi connectivity index (χ4n) is 2.14. The summed E-state index contributed by atoms with van der Waals surface area (Å²) in [6.07, 6.45) is 1.40. The van der Waals surface area contributed by atoms with Gasteiger partial charge in [0.05, 0.1) is 4.47 Å². The largest absolute Gasteiger partial charge is 0.434 e. The van der Waals surface area contributed by atoms with Gasteiger partial charge in [0, 0.05) is 12.1 Å². The van der Waals surface area contributed by atoms with Crippen molar-refractivity contribution in [2.45, 2.75) is 26.0 Å². The fourth-order valence-corrected chi connectivity index (χ4v) is 2.57. The first kappa shape index (κ1) is 16.8. The first-order chi connectivity index (χ1) is 10.5. The van der Waals surface area contributed by atoms with E-state index in [0.717, 1.165) is 11.1 Å². The lowest BCUT2D eigenvalue weighted by molar-refractivity contribution is -0.0504. The van der Waals surface area contributed by atoms with E-state index in [4.69, 9.17) is 5.73 Å². The quantitative estimate of drug-likeness (QED) is 0.812. The maximum atomic E-state index is 13.2. The monoisotopic (exact) mass is 373 g/mol. The molecule has 2 N–H and O–H groups in total. The Morgan fingerprint density at radius 2 is 1.68 bits per heavy atom. The molecule has 0 amide bonds. The van der Waals surface area contributed by atoms with Crippen molar-refractivity contribution < 1.29 is 17.9 Å². The number of aryl methyl sites for hydroxylation is 2. The number of ether oxygens (including phenoxy) is 1. The Hall–Kier alpha value is -1.53. The summed E-state index contributed by atoms with van der Waals surface area (Å²) in [6, 6.07) is 9.85.